The van der Waals surface area contributed by atoms with Crippen LogP contribution >= 0.6 is 0 Å². The van der Waals surface area contributed by atoms with Gasteiger partial charge < -0.3 is 10.0 Å². The van der Waals surface area contributed by atoms with E-state index in [1.165, 1.54) is 24.1 Å². The van der Waals surface area contributed by atoms with Gasteiger partial charge in [-0.05, 0) is 19.1 Å². The van der Waals surface area contributed by atoms with E-state index >= 15 is 0 Å². The number of aryl methyl sites for hydroxylation is 1. The molecular formula is C12H13FN4O2. The first-order valence-electron chi connectivity index (χ1n) is 5.59. The molecule has 1 aromatic carbocycles. The molecule has 0 bridgehead atoms. The Bertz CT molecular complexity index is 612. The zero-order chi connectivity index (χ0) is 14.0. The minimum absolute atomic E-state index is 0.104. The highest BCUT2D eigenvalue weighted by Gasteiger charge is 2.18. The zero-order valence-electron chi connectivity index (χ0n) is 10.5. The van der Waals surface area contributed by atoms with Gasteiger partial charge in [-0.1, -0.05) is 0 Å². The van der Waals surface area contributed by atoms with Gasteiger partial charge in [0.2, 0.25) is 0 Å². The summed E-state index contributed by atoms with van der Waals surface area (Å²) in [5, 5.41) is 15.7. The number of rotatable bonds is 3. The molecule has 0 saturated carbocycles. The van der Waals surface area contributed by atoms with Crippen LogP contribution in [0, 0.1) is 12.7 Å². The minimum Gasteiger partial charge on any atom is -0.508 e. The largest absolute Gasteiger partial charge is 0.508 e. The van der Waals surface area contributed by atoms with E-state index < -0.39 is 11.7 Å². The van der Waals surface area contributed by atoms with Gasteiger partial charge in [0.25, 0.3) is 5.91 Å². The van der Waals surface area contributed by atoms with Crippen molar-refractivity contribution in [1.82, 2.24) is 20.1 Å². The first-order chi connectivity index (χ1) is 8.97. The predicted molar refractivity (Wildman–Crippen MR) is 65.0 cm³/mol. The summed E-state index contributed by atoms with van der Waals surface area (Å²) in [6.07, 6.45) is 0. The lowest BCUT2D eigenvalue weighted by Gasteiger charge is -2.15. The second-order valence-electron chi connectivity index (χ2n) is 4.16. The van der Waals surface area contributed by atoms with Gasteiger partial charge in [-0.25, -0.2) is 9.37 Å². The highest BCUT2D eigenvalue weighted by Crippen LogP contribution is 2.16. The number of amides is 1. The van der Waals surface area contributed by atoms with E-state index in [0.717, 1.165) is 6.07 Å². The summed E-state index contributed by atoms with van der Waals surface area (Å²) in [5.41, 5.74) is -0.104. The molecule has 6 nitrogen and oxygen atoms in total. The maximum absolute atomic E-state index is 13.6. The molecule has 1 aromatic heterocycles. The van der Waals surface area contributed by atoms with Gasteiger partial charge in [-0.2, -0.15) is 5.10 Å². The Labute approximate surface area is 108 Å². The van der Waals surface area contributed by atoms with Crippen molar-refractivity contribution >= 4 is 5.91 Å². The van der Waals surface area contributed by atoms with E-state index in [-0.39, 0.29) is 17.9 Å². The van der Waals surface area contributed by atoms with Crippen LogP contribution in [0.3, 0.4) is 0 Å². The van der Waals surface area contributed by atoms with Gasteiger partial charge in [0.05, 0.1) is 12.1 Å². The fourth-order valence-corrected chi connectivity index (χ4v) is 1.63. The van der Waals surface area contributed by atoms with Crippen molar-refractivity contribution in [1.29, 1.82) is 0 Å². The van der Waals surface area contributed by atoms with Gasteiger partial charge >= 0.3 is 0 Å². The Morgan fingerprint density at radius 3 is 2.84 bits per heavy atom. The summed E-state index contributed by atoms with van der Waals surface area (Å²) in [4.78, 5) is 17.4. The van der Waals surface area contributed by atoms with Crippen LogP contribution in [-0.4, -0.2) is 38.1 Å². The highest BCUT2D eigenvalue weighted by molar-refractivity contribution is 5.94. The first kappa shape index (κ1) is 13.0. The monoisotopic (exact) mass is 264 g/mol. The Kier molecular flexibility index (Phi) is 3.46. The van der Waals surface area contributed by atoms with Crippen molar-refractivity contribution in [3.63, 3.8) is 0 Å². The number of aromatic hydroxyl groups is 1. The minimum atomic E-state index is -0.761. The Morgan fingerprint density at radius 2 is 2.26 bits per heavy atom. The average molecular weight is 264 g/mol. The number of hydrogen-bond donors (Lipinski definition) is 2. The topological polar surface area (TPSA) is 82.1 Å². The number of carbonyl (C=O) groups is 1. The van der Waals surface area contributed by atoms with Gasteiger partial charge in [0.1, 0.15) is 17.4 Å². The molecule has 2 N–H and O–H groups in total. The molecule has 0 aliphatic carbocycles. The normalized spacial score (nSPS) is 10.5. The lowest BCUT2D eigenvalue weighted by Crippen LogP contribution is -2.27. The van der Waals surface area contributed by atoms with E-state index in [2.05, 4.69) is 15.2 Å². The molecule has 2 aromatic rings. The van der Waals surface area contributed by atoms with E-state index in [1.807, 2.05) is 0 Å². The molecule has 19 heavy (non-hydrogen) atoms. The molecule has 1 heterocycles. The van der Waals surface area contributed by atoms with Crippen LogP contribution in [-0.2, 0) is 6.54 Å². The lowest BCUT2D eigenvalue weighted by atomic mass is 10.2. The Hall–Kier alpha value is -2.44. The Morgan fingerprint density at radius 1 is 1.53 bits per heavy atom. The van der Waals surface area contributed by atoms with E-state index in [9.17, 15) is 9.18 Å². The summed E-state index contributed by atoms with van der Waals surface area (Å²) >= 11 is 0. The summed E-state index contributed by atoms with van der Waals surface area (Å²) in [7, 11) is 1.53. The smallest absolute Gasteiger partial charge is 0.256 e. The van der Waals surface area contributed by atoms with Crippen molar-refractivity contribution in [3.8, 4) is 5.75 Å². The molecular weight excluding hydrogens is 251 g/mol. The highest BCUT2D eigenvalue weighted by atomic mass is 19.1. The second kappa shape index (κ2) is 5.05. The van der Waals surface area contributed by atoms with Crippen LogP contribution in [0.2, 0.25) is 0 Å². The Balaban J connectivity index is 2.14. The molecule has 0 unspecified atom stereocenters. The van der Waals surface area contributed by atoms with Gasteiger partial charge in [0.15, 0.2) is 5.82 Å². The van der Waals surface area contributed by atoms with E-state index in [0.29, 0.717) is 11.6 Å². The van der Waals surface area contributed by atoms with Crippen LogP contribution in [0.25, 0.3) is 0 Å². The van der Waals surface area contributed by atoms with Crippen molar-refractivity contribution in [3.05, 3.63) is 41.2 Å². The molecule has 7 heteroatoms. The number of carbonyl (C=O) groups excluding carboxylic acids is 1. The number of halogens is 1. The van der Waals surface area contributed by atoms with Crippen molar-refractivity contribution in [2.45, 2.75) is 13.5 Å². The standard InChI is InChI=1S/C12H13FN4O2/c1-7-14-11(16-15-7)6-17(2)12(19)9-4-3-8(18)5-10(9)13/h3-5,18H,6H2,1-2H3,(H,14,15,16). The molecule has 0 radical (unpaired) electrons. The quantitative estimate of drug-likeness (QED) is 0.873. The van der Waals surface area contributed by atoms with Gasteiger partial charge in [-0.15, -0.1) is 0 Å². The number of nitrogens with one attached hydrogen (secondary N) is 1. The molecule has 0 saturated heterocycles. The van der Waals surface area contributed by atoms with Crippen molar-refractivity contribution in [2.24, 2.45) is 0 Å². The van der Waals surface area contributed by atoms with Crippen LogP contribution in [0.5, 0.6) is 5.75 Å². The molecule has 100 valence electrons. The molecule has 1 amide bonds. The van der Waals surface area contributed by atoms with Crippen molar-refractivity contribution in [2.75, 3.05) is 7.05 Å². The van der Waals surface area contributed by atoms with E-state index in [4.69, 9.17) is 5.11 Å². The number of benzene rings is 1. The molecule has 2 rings (SSSR count). The fraction of sp³-hybridized carbons (Fsp3) is 0.250. The number of hydrogen-bond acceptors (Lipinski definition) is 4. The predicted octanol–water partition coefficient (Wildman–Crippen LogP) is 1.23. The zero-order valence-corrected chi connectivity index (χ0v) is 10.5. The van der Waals surface area contributed by atoms with Crippen LogP contribution in [0.1, 0.15) is 22.0 Å². The maximum Gasteiger partial charge on any atom is 0.256 e. The summed E-state index contributed by atoms with van der Waals surface area (Å²) in [5.74, 6) is -0.386. The average Bonchev–Trinajstić information content (AvgIpc) is 2.74. The van der Waals surface area contributed by atoms with E-state index in [1.54, 1.807) is 6.92 Å². The van der Waals surface area contributed by atoms with Crippen LogP contribution < -0.4 is 0 Å². The number of aromatic amines is 1. The molecule has 0 spiro atoms. The SMILES string of the molecule is Cc1nc(CN(C)C(=O)c2ccc(O)cc2F)n[nH]1. The number of phenolic OH excluding ortho intramolecular Hbond substituents is 1. The fourth-order valence-electron chi connectivity index (χ4n) is 1.63. The number of phenols is 1. The summed E-state index contributed by atoms with van der Waals surface area (Å²) in [6.45, 7) is 1.92. The van der Waals surface area contributed by atoms with Crippen molar-refractivity contribution < 1.29 is 14.3 Å². The lowest BCUT2D eigenvalue weighted by molar-refractivity contribution is 0.0777. The number of H-pyrrole nitrogens is 1. The van der Waals surface area contributed by atoms with Gasteiger partial charge in [0, 0.05) is 13.1 Å². The van der Waals surface area contributed by atoms with Gasteiger partial charge in [-0.3, -0.25) is 9.89 Å². The number of aromatic nitrogens is 3. The summed E-state index contributed by atoms with van der Waals surface area (Å²) in [6, 6.07) is 3.41. The number of nitrogens with zero attached hydrogens (tertiary/aromatic N) is 3. The molecule has 0 aliphatic heterocycles. The third-order valence-corrected chi connectivity index (χ3v) is 2.55. The summed E-state index contributed by atoms with van der Waals surface area (Å²) < 4.78 is 13.6. The second-order valence-corrected chi connectivity index (χ2v) is 4.16. The van der Waals surface area contributed by atoms with Crippen LogP contribution in [0.15, 0.2) is 18.2 Å². The molecule has 0 atom stereocenters. The molecule has 0 fully saturated rings. The van der Waals surface area contributed by atoms with Crippen LogP contribution in [0.4, 0.5) is 4.39 Å². The third-order valence-electron chi connectivity index (χ3n) is 2.55. The third kappa shape index (κ3) is 2.87. The first-order valence-corrected chi connectivity index (χ1v) is 5.59. The maximum atomic E-state index is 13.6. The molecule has 0 aliphatic rings.